The summed E-state index contributed by atoms with van der Waals surface area (Å²) in [4.78, 5) is 1.86. The van der Waals surface area contributed by atoms with Crippen LogP contribution in [0.25, 0.3) is 10.4 Å². The number of rotatable bonds is 4. The monoisotopic (exact) mass is 319 g/mol. The number of benzene rings is 1. The van der Waals surface area contributed by atoms with Crippen molar-refractivity contribution in [2.45, 2.75) is 19.6 Å². The van der Waals surface area contributed by atoms with Crippen LogP contribution >= 0.6 is 22.9 Å². The van der Waals surface area contributed by atoms with Crippen LogP contribution in [0.1, 0.15) is 17.4 Å². The molecule has 0 atom stereocenters. The van der Waals surface area contributed by atoms with Crippen molar-refractivity contribution in [2.75, 3.05) is 6.54 Å². The molecule has 0 unspecified atom stereocenters. The van der Waals surface area contributed by atoms with E-state index in [1.165, 1.54) is 11.3 Å². The molecule has 108 valence electrons. The molecule has 1 N–H and O–H groups in total. The summed E-state index contributed by atoms with van der Waals surface area (Å²) in [7, 11) is 0. The zero-order valence-electron chi connectivity index (χ0n) is 10.7. The molecule has 0 aliphatic carbocycles. The van der Waals surface area contributed by atoms with Crippen molar-refractivity contribution in [1.29, 1.82) is 0 Å². The van der Waals surface area contributed by atoms with E-state index in [0.717, 1.165) is 28.4 Å². The maximum atomic E-state index is 12.8. The first kappa shape index (κ1) is 15.4. The van der Waals surface area contributed by atoms with Gasteiger partial charge in [0.2, 0.25) is 0 Å². The minimum Gasteiger partial charge on any atom is -0.312 e. The second-order valence-corrected chi connectivity index (χ2v) is 5.88. The lowest BCUT2D eigenvalue weighted by molar-refractivity contribution is -0.137. The van der Waals surface area contributed by atoms with Crippen molar-refractivity contribution < 1.29 is 13.2 Å². The summed E-state index contributed by atoms with van der Waals surface area (Å²) in [6.45, 7) is 3.57. The number of nitrogens with one attached hydrogen (secondary N) is 1. The Morgan fingerprint density at radius 3 is 2.60 bits per heavy atom. The fourth-order valence-electron chi connectivity index (χ4n) is 1.77. The van der Waals surface area contributed by atoms with Gasteiger partial charge < -0.3 is 5.32 Å². The van der Waals surface area contributed by atoms with Gasteiger partial charge in [0.15, 0.2) is 0 Å². The quantitative estimate of drug-likeness (QED) is 0.817. The summed E-state index contributed by atoms with van der Waals surface area (Å²) in [5, 5.41) is 3.27. The van der Waals surface area contributed by atoms with E-state index in [1.807, 2.05) is 19.1 Å². The third-order valence-corrected chi connectivity index (χ3v) is 4.07. The molecule has 0 aliphatic rings. The maximum absolute atomic E-state index is 12.8. The molecule has 1 nitrogen and oxygen atoms in total. The maximum Gasteiger partial charge on any atom is 0.416 e. The number of hydrogen-bond acceptors (Lipinski definition) is 2. The topological polar surface area (TPSA) is 12.0 Å². The minimum absolute atomic E-state index is 0.0939. The van der Waals surface area contributed by atoms with Crippen molar-refractivity contribution >= 4 is 22.9 Å². The van der Waals surface area contributed by atoms with Crippen molar-refractivity contribution in [2.24, 2.45) is 0 Å². The van der Waals surface area contributed by atoms with E-state index in [0.29, 0.717) is 12.1 Å². The molecule has 0 saturated heterocycles. The molecule has 6 heteroatoms. The Hall–Kier alpha value is -1.04. The van der Waals surface area contributed by atoms with Crippen LogP contribution in [0.5, 0.6) is 0 Å². The largest absolute Gasteiger partial charge is 0.416 e. The predicted molar refractivity (Wildman–Crippen MR) is 77.1 cm³/mol. The highest BCUT2D eigenvalue weighted by atomic mass is 35.5. The van der Waals surface area contributed by atoms with E-state index < -0.39 is 11.7 Å². The van der Waals surface area contributed by atoms with Crippen LogP contribution < -0.4 is 5.32 Å². The Morgan fingerprint density at radius 1 is 1.20 bits per heavy atom. The number of thiophene rings is 1. The third kappa shape index (κ3) is 3.75. The second kappa shape index (κ2) is 6.16. The molecule has 20 heavy (non-hydrogen) atoms. The third-order valence-electron chi connectivity index (χ3n) is 2.72. The van der Waals surface area contributed by atoms with Crippen molar-refractivity contribution in [3.05, 3.63) is 45.8 Å². The van der Waals surface area contributed by atoms with E-state index in [4.69, 9.17) is 11.6 Å². The number of hydrogen-bond donors (Lipinski definition) is 1. The van der Waals surface area contributed by atoms with Gasteiger partial charge in [0.1, 0.15) is 0 Å². The molecule has 1 heterocycles. The SMILES string of the molecule is CCNCc1ccc(-c2cc(Cl)cc(C(F)(F)F)c2)s1. The molecule has 0 aliphatic heterocycles. The van der Waals surface area contributed by atoms with Crippen LogP contribution in [0.2, 0.25) is 5.02 Å². The Kier molecular flexibility index (Phi) is 4.73. The van der Waals surface area contributed by atoms with Crippen LogP contribution in [0.4, 0.5) is 13.2 Å². The average Bonchev–Trinajstić information content (AvgIpc) is 2.83. The highest BCUT2D eigenvalue weighted by Gasteiger charge is 2.31. The van der Waals surface area contributed by atoms with E-state index in [9.17, 15) is 13.2 Å². The first-order chi connectivity index (χ1) is 9.40. The summed E-state index contributed by atoms with van der Waals surface area (Å²) in [5.74, 6) is 0. The predicted octanol–water partition coefficient (Wildman–Crippen LogP) is 5.20. The molecule has 0 bridgehead atoms. The van der Waals surface area contributed by atoms with Gasteiger partial charge in [-0.3, -0.25) is 0 Å². The van der Waals surface area contributed by atoms with E-state index in [1.54, 1.807) is 6.07 Å². The zero-order valence-corrected chi connectivity index (χ0v) is 12.3. The van der Waals surface area contributed by atoms with Crippen LogP contribution in [0.3, 0.4) is 0 Å². The standard InChI is InChI=1S/C14H13ClF3NS/c1-2-19-8-12-3-4-13(20-12)9-5-10(14(16,17)18)7-11(15)6-9/h3-7,19H,2,8H2,1H3. The van der Waals surface area contributed by atoms with Crippen LogP contribution in [-0.4, -0.2) is 6.54 Å². The smallest absolute Gasteiger partial charge is 0.312 e. The molecule has 2 rings (SSSR count). The molecular weight excluding hydrogens is 307 g/mol. The van der Waals surface area contributed by atoms with E-state index >= 15 is 0 Å². The van der Waals surface area contributed by atoms with Crippen molar-refractivity contribution in [3.63, 3.8) is 0 Å². The summed E-state index contributed by atoms with van der Waals surface area (Å²) < 4.78 is 38.3. The lowest BCUT2D eigenvalue weighted by Crippen LogP contribution is -2.10. The highest BCUT2D eigenvalue weighted by molar-refractivity contribution is 7.15. The van der Waals surface area contributed by atoms with Crippen LogP contribution in [0, 0.1) is 0 Å². The van der Waals surface area contributed by atoms with Gasteiger partial charge in [0.25, 0.3) is 0 Å². The van der Waals surface area contributed by atoms with Gasteiger partial charge in [0.05, 0.1) is 5.56 Å². The second-order valence-electron chi connectivity index (χ2n) is 4.27. The van der Waals surface area contributed by atoms with Gasteiger partial charge in [-0.25, -0.2) is 0 Å². The highest BCUT2D eigenvalue weighted by Crippen LogP contribution is 2.36. The van der Waals surface area contributed by atoms with Gasteiger partial charge in [0, 0.05) is 21.3 Å². The molecule has 1 aromatic heterocycles. The average molecular weight is 320 g/mol. The normalized spacial score (nSPS) is 11.8. The summed E-state index contributed by atoms with van der Waals surface area (Å²) in [5.41, 5.74) is -0.223. The first-order valence-electron chi connectivity index (χ1n) is 6.07. The van der Waals surface area contributed by atoms with E-state index in [-0.39, 0.29) is 5.02 Å². The molecule has 0 saturated carbocycles. The Morgan fingerprint density at radius 2 is 1.95 bits per heavy atom. The molecule has 0 radical (unpaired) electrons. The van der Waals surface area contributed by atoms with Crippen molar-refractivity contribution in [1.82, 2.24) is 5.32 Å². The number of halogens is 4. The van der Waals surface area contributed by atoms with Crippen molar-refractivity contribution in [3.8, 4) is 10.4 Å². The minimum atomic E-state index is -4.39. The van der Waals surface area contributed by atoms with Crippen LogP contribution in [0.15, 0.2) is 30.3 Å². The molecule has 0 fully saturated rings. The van der Waals surface area contributed by atoms with Gasteiger partial charge in [-0.1, -0.05) is 18.5 Å². The molecule has 1 aromatic carbocycles. The van der Waals surface area contributed by atoms with Gasteiger partial charge in [-0.15, -0.1) is 11.3 Å². The number of alkyl halides is 3. The fraction of sp³-hybridized carbons (Fsp3) is 0.286. The van der Waals surface area contributed by atoms with Gasteiger partial charge in [-0.2, -0.15) is 13.2 Å². The Balaban J connectivity index is 2.32. The summed E-state index contributed by atoms with van der Waals surface area (Å²) >= 11 is 7.25. The van der Waals surface area contributed by atoms with E-state index in [2.05, 4.69) is 5.32 Å². The molecule has 2 aromatic rings. The molecular formula is C14H13ClF3NS. The van der Waals surface area contributed by atoms with Gasteiger partial charge in [-0.05, 0) is 42.4 Å². The first-order valence-corrected chi connectivity index (χ1v) is 7.27. The van der Waals surface area contributed by atoms with Gasteiger partial charge >= 0.3 is 6.18 Å². The zero-order chi connectivity index (χ0) is 14.8. The van der Waals surface area contributed by atoms with Crippen LogP contribution in [-0.2, 0) is 12.7 Å². The summed E-state index contributed by atoms with van der Waals surface area (Å²) in [6.07, 6.45) is -4.39. The lowest BCUT2D eigenvalue weighted by atomic mass is 10.1. The molecule has 0 spiro atoms. The Bertz CT molecular complexity index is 592. The lowest BCUT2D eigenvalue weighted by Gasteiger charge is -2.09. The molecule has 0 amide bonds. The summed E-state index contributed by atoms with van der Waals surface area (Å²) in [6, 6.07) is 7.37. The Labute approximate surface area is 124 Å². The fourth-order valence-corrected chi connectivity index (χ4v) is 2.97.